The van der Waals surface area contributed by atoms with E-state index in [2.05, 4.69) is 21.2 Å². The van der Waals surface area contributed by atoms with Crippen LogP contribution in [0.2, 0.25) is 0 Å². The normalized spacial score (nSPS) is 10.4. The van der Waals surface area contributed by atoms with Gasteiger partial charge in [-0.3, -0.25) is 4.79 Å². The maximum atomic E-state index is 12.9. The molecule has 0 heterocycles. The van der Waals surface area contributed by atoms with Crippen LogP contribution in [0, 0.1) is 11.6 Å². The number of benzene rings is 1. The van der Waals surface area contributed by atoms with Crippen molar-refractivity contribution in [3.05, 3.63) is 35.4 Å². The summed E-state index contributed by atoms with van der Waals surface area (Å²) in [5.74, 6) is -1.91. The minimum Gasteiger partial charge on any atom is -0.352 e. The predicted octanol–water partition coefficient (Wildman–Crippen LogP) is 3.65. The molecule has 1 aromatic rings. The Morgan fingerprint density at radius 2 is 1.67 bits per heavy atom. The van der Waals surface area contributed by atoms with Crippen LogP contribution in [0.3, 0.4) is 0 Å². The number of rotatable bonds is 7. The molecule has 0 aliphatic rings. The molecular weight excluding hydrogens is 304 g/mol. The molecular formula is C13H16BrF2NO. The van der Waals surface area contributed by atoms with Gasteiger partial charge >= 0.3 is 0 Å². The number of unbranched alkanes of at least 4 members (excludes halogenated alkanes) is 3. The average Bonchev–Trinajstić information content (AvgIpc) is 2.32. The molecule has 0 aliphatic carbocycles. The molecule has 1 rings (SSSR count). The standard InChI is InChI=1S/C13H16BrF2NO/c14-5-3-1-2-4-6-17-13(18)10-7-11(15)9-12(16)8-10/h7-9H,1-6H2,(H,17,18). The number of nitrogens with one attached hydrogen (secondary N) is 1. The number of halogens is 3. The summed E-state index contributed by atoms with van der Waals surface area (Å²) in [5, 5.41) is 3.63. The number of amides is 1. The first-order chi connectivity index (χ1) is 8.63. The Hall–Kier alpha value is -0.970. The Kier molecular flexibility index (Phi) is 6.86. The molecule has 18 heavy (non-hydrogen) atoms. The van der Waals surface area contributed by atoms with Gasteiger partial charge in [-0.1, -0.05) is 28.8 Å². The van der Waals surface area contributed by atoms with Crippen LogP contribution in [0.25, 0.3) is 0 Å². The number of alkyl halides is 1. The fourth-order valence-corrected chi connectivity index (χ4v) is 1.96. The molecule has 5 heteroatoms. The molecule has 0 saturated heterocycles. The summed E-state index contributed by atoms with van der Waals surface area (Å²) >= 11 is 3.35. The fraction of sp³-hybridized carbons (Fsp3) is 0.462. The second-order valence-corrected chi connectivity index (χ2v) is 4.81. The van der Waals surface area contributed by atoms with Gasteiger partial charge in [0.25, 0.3) is 5.91 Å². The van der Waals surface area contributed by atoms with Crippen LogP contribution in [0.1, 0.15) is 36.0 Å². The lowest BCUT2D eigenvalue weighted by Gasteiger charge is -2.05. The van der Waals surface area contributed by atoms with Crippen molar-refractivity contribution in [2.75, 3.05) is 11.9 Å². The molecule has 1 aromatic carbocycles. The molecule has 0 aliphatic heterocycles. The molecule has 0 bridgehead atoms. The van der Waals surface area contributed by atoms with Crippen LogP contribution in [0.4, 0.5) is 8.78 Å². The molecule has 1 amide bonds. The highest BCUT2D eigenvalue weighted by molar-refractivity contribution is 9.09. The molecule has 0 fully saturated rings. The Bertz CT molecular complexity index is 378. The van der Waals surface area contributed by atoms with Gasteiger partial charge in [0.15, 0.2) is 0 Å². The van der Waals surface area contributed by atoms with Crippen LogP contribution >= 0.6 is 15.9 Å². The van der Waals surface area contributed by atoms with Gasteiger partial charge in [0, 0.05) is 23.5 Å². The van der Waals surface area contributed by atoms with E-state index in [1.54, 1.807) is 0 Å². The molecule has 0 radical (unpaired) electrons. The lowest BCUT2D eigenvalue weighted by atomic mass is 10.2. The third-order valence-electron chi connectivity index (χ3n) is 2.47. The first-order valence-electron chi connectivity index (χ1n) is 5.93. The summed E-state index contributed by atoms with van der Waals surface area (Å²) in [6.07, 6.45) is 4.12. The maximum absolute atomic E-state index is 12.9. The van der Waals surface area contributed by atoms with Crippen molar-refractivity contribution in [1.29, 1.82) is 0 Å². The van der Waals surface area contributed by atoms with E-state index in [0.717, 1.165) is 49.2 Å². The lowest BCUT2D eigenvalue weighted by Crippen LogP contribution is -2.24. The van der Waals surface area contributed by atoms with Crippen molar-refractivity contribution in [3.63, 3.8) is 0 Å². The van der Waals surface area contributed by atoms with E-state index in [9.17, 15) is 13.6 Å². The van der Waals surface area contributed by atoms with Crippen molar-refractivity contribution in [1.82, 2.24) is 5.32 Å². The van der Waals surface area contributed by atoms with Crippen molar-refractivity contribution in [2.24, 2.45) is 0 Å². The van der Waals surface area contributed by atoms with Crippen LogP contribution in [-0.2, 0) is 0 Å². The maximum Gasteiger partial charge on any atom is 0.251 e. The van der Waals surface area contributed by atoms with Gasteiger partial charge in [0.05, 0.1) is 0 Å². The van der Waals surface area contributed by atoms with E-state index in [1.165, 1.54) is 0 Å². The Morgan fingerprint density at radius 3 is 2.28 bits per heavy atom. The van der Waals surface area contributed by atoms with E-state index < -0.39 is 17.5 Å². The van der Waals surface area contributed by atoms with Gasteiger partial charge in [-0.05, 0) is 25.0 Å². The first-order valence-corrected chi connectivity index (χ1v) is 7.06. The van der Waals surface area contributed by atoms with Gasteiger partial charge in [-0.2, -0.15) is 0 Å². The average molecular weight is 320 g/mol. The SMILES string of the molecule is O=C(NCCCCCCBr)c1cc(F)cc(F)c1. The van der Waals surface area contributed by atoms with E-state index in [-0.39, 0.29) is 5.56 Å². The number of carbonyl (C=O) groups is 1. The quantitative estimate of drug-likeness (QED) is 0.603. The topological polar surface area (TPSA) is 29.1 Å². The van der Waals surface area contributed by atoms with Gasteiger partial charge in [0.1, 0.15) is 11.6 Å². The summed E-state index contributed by atoms with van der Waals surface area (Å²) < 4.78 is 25.8. The smallest absolute Gasteiger partial charge is 0.251 e. The van der Waals surface area contributed by atoms with Gasteiger partial charge in [-0.25, -0.2) is 8.78 Å². The molecule has 0 atom stereocenters. The van der Waals surface area contributed by atoms with Gasteiger partial charge in [-0.15, -0.1) is 0 Å². The van der Waals surface area contributed by atoms with Gasteiger partial charge < -0.3 is 5.32 Å². The van der Waals surface area contributed by atoms with Crippen molar-refractivity contribution >= 4 is 21.8 Å². The van der Waals surface area contributed by atoms with Crippen LogP contribution < -0.4 is 5.32 Å². The van der Waals surface area contributed by atoms with Crippen molar-refractivity contribution in [3.8, 4) is 0 Å². The van der Waals surface area contributed by atoms with Crippen LogP contribution in [0.5, 0.6) is 0 Å². The third-order valence-corrected chi connectivity index (χ3v) is 3.03. The molecule has 0 saturated carbocycles. The zero-order chi connectivity index (χ0) is 13.4. The van der Waals surface area contributed by atoms with Crippen LogP contribution in [-0.4, -0.2) is 17.8 Å². The third kappa shape index (κ3) is 5.58. The zero-order valence-corrected chi connectivity index (χ0v) is 11.6. The largest absolute Gasteiger partial charge is 0.352 e. The summed E-state index contributed by atoms with van der Waals surface area (Å²) in [6.45, 7) is 0.527. The second-order valence-electron chi connectivity index (χ2n) is 4.02. The molecule has 100 valence electrons. The Morgan fingerprint density at radius 1 is 1.06 bits per heavy atom. The van der Waals surface area contributed by atoms with Gasteiger partial charge in [0.2, 0.25) is 0 Å². The molecule has 2 nitrogen and oxygen atoms in total. The summed E-state index contributed by atoms with van der Waals surface area (Å²) in [6, 6.07) is 2.81. The van der Waals surface area contributed by atoms with E-state index >= 15 is 0 Å². The highest BCUT2D eigenvalue weighted by Gasteiger charge is 2.08. The fourth-order valence-electron chi connectivity index (χ4n) is 1.56. The Balaban J connectivity index is 2.32. The minimum atomic E-state index is -0.738. The molecule has 0 spiro atoms. The molecule has 1 N–H and O–H groups in total. The molecule has 0 unspecified atom stereocenters. The summed E-state index contributed by atoms with van der Waals surface area (Å²) in [5.41, 5.74) is 0.0213. The highest BCUT2D eigenvalue weighted by Crippen LogP contribution is 2.08. The Labute approximate surface area is 114 Å². The van der Waals surface area contributed by atoms with E-state index in [0.29, 0.717) is 6.54 Å². The second kappa shape index (κ2) is 8.19. The minimum absolute atomic E-state index is 0.0213. The summed E-state index contributed by atoms with van der Waals surface area (Å²) in [4.78, 5) is 11.6. The zero-order valence-electron chi connectivity index (χ0n) is 10.0. The molecule has 0 aromatic heterocycles. The van der Waals surface area contributed by atoms with E-state index in [1.807, 2.05) is 0 Å². The van der Waals surface area contributed by atoms with Crippen LogP contribution in [0.15, 0.2) is 18.2 Å². The lowest BCUT2D eigenvalue weighted by molar-refractivity contribution is 0.0952. The monoisotopic (exact) mass is 319 g/mol. The summed E-state index contributed by atoms with van der Waals surface area (Å²) in [7, 11) is 0. The van der Waals surface area contributed by atoms with E-state index in [4.69, 9.17) is 0 Å². The highest BCUT2D eigenvalue weighted by atomic mass is 79.9. The number of hydrogen-bond donors (Lipinski definition) is 1. The van der Waals surface area contributed by atoms with Crippen molar-refractivity contribution < 1.29 is 13.6 Å². The number of hydrogen-bond acceptors (Lipinski definition) is 1. The van der Waals surface area contributed by atoms with Crippen molar-refractivity contribution in [2.45, 2.75) is 25.7 Å². The number of carbonyl (C=O) groups excluding carboxylic acids is 1. The first kappa shape index (κ1) is 15.1. The predicted molar refractivity (Wildman–Crippen MR) is 71.0 cm³/mol.